The van der Waals surface area contributed by atoms with E-state index in [0.29, 0.717) is 38.0 Å². The van der Waals surface area contributed by atoms with Crippen molar-refractivity contribution in [3.63, 3.8) is 0 Å². The number of carbonyl (C=O) groups excluding carboxylic acids is 3. The second-order valence-electron chi connectivity index (χ2n) is 9.34. The van der Waals surface area contributed by atoms with Crippen molar-refractivity contribution in [3.8, 4) is 0 Å². The zero-order valence-electron chi connectivity index (χ0n) is 19.9. The lowest BCUT2D eigenvalue weighted by Gasteiger charge is -2.38. The van der Waals surface area contributed by atoms with Gasteiger partial charge < -0.3 is 15.1 Å². The highest BCUT2D eigenvalue weighted by Crippen LogP contribution is 2.33. The fourth-order valence-corrected chi connectivity index (χ4v) is 5.01. The maximum atomic E-state index is 13.7. The van der Waals surface area contributed by atoms with Gasteiger partial charge in [-0.15, -0.1) is 0 Å². The van der Waals surface area contributed by atoms with Crippen LogP contribution >= 0.6 is 0 Å². The molecular weight excluding hydrogens is 433 g/mol. The van der Waals surface area contributed by atoms with Crippen molar-refractivity contribution < 1.29 is 18.8 Å². The number of likely N-dealkylation sites (tertiary alicyclic amines) is 1. The fraction of sp³-hybridized carbons (Fsp3) is 0.444. The van der Waals surface area contributed by atoms with E-state index in [1.54, 1.807) is 24.8 Å². The highest BCUT2D eigenvalue weighted by Gasteiger charge is 2.33. The molecule has 0 aromatic heterocycles. The molecule has 0 bridgehead atoms. The minimum Gasteiger partial charge on any atom is -0.352 e. The Balaban J connectivity index is 1.31. The third-order valence-corrected chi connectivity index (χ3v) is 7.11. The summed E-state index contributed by atoms with van der Waals surface area (Å²) in [5.74, 6) is -0.499. The van der Waals surface area contributed by atoms with Crippen LogP contribution in [0.3, 0.4) is 0 Å². The van der Waals surface area contributed by atoms with Crippen LogP contribution in [0.15, 0.2) is 42.5 Å². The van der Waals surface area contributed by atoms with Crippen molar-refractivity contribution in [1.29, 1.82) is 0 Å². The van der Waals surface area contributed by atoms with Crippen LogP contribution in [-0.2, 0) is 27.3 Å². The van der Waals surface area contributed by atoms with Crippen LogP contribution in [0.5, 0.6) is 0 Å². The van der Waals surface area contributed by atoms with Gasteiger partial charge >= 0.3 is 0 Å². The highest BCUT2D eigenvalue weighted by molar-refractivity contribution is 5.81. The quantitative estimate of drug-likeness (QED) is 0.735. The zero-order chi connectivity index (χ0) is 24.2. The lowest BCUT2D eigenvalue weighted by atomic mass is 9.89. The Morgan fingerprint density at radius 3 is 2.50 bits per heavy atom. The number of fused-ring (bicyclic) bond motifs is 1. The molecule has 0 saturated carbocycles. The van der Waals surface area contributed by atoms with E-state index in [1.165, 1.54) is 11.6 Å². The molecule has 1 fully saturated rings. The Labute approximate surface area is 200 Å². The zero-order valence-corrected chi connectivity index (χ0v) is 19.9. The Hall–Kier alpha value is -3.22. The average Bonchev–Trinajstić information content (AvgIpc) is 2.84. The standard InChI is InChI=1S/C27H32FN3O3/c1-18-7-8-20(15-24(18)28)17-29-27(34)22-9-12-30(13-10-22)26(33)16-25-23-6-4-3-5-21(23)11-14-31(25)19(2)32/h3-8,15,22,25H,9-14,16-17H2,1-2H3,(H,29,34). The molecule has 3 amide bonds. The van der Waals surface area contributed by atoms with E-state index in [-0.39, 0.29) is 48.5 Å². The van der Waals surface area contributed by atoms with Crippen molar-refractivity contribution in [2.75, 3.05) is 19.6 Å². The Kier molecular flexibility index (Phi) is 7.29. The first kappa shape index (κ1) is 23.9. The van der Waals surface area contributed by atoms with Gasteiger partial charge in [0.05, 0.1) is 12.5 Å². The molecule has 1 atom stereocenters. The molecule has 2 aliphatic rings. The van der Waals surface area contributed by atoms with E-state index in [1.807, 2.05) is 29.2 Å². The molecule has 4 rings (SSSR count). The SMILES string of the molecule is CC(=O)N1CCc2ccccc2C1CC(=O)N1CCC(C(=O)NCc2ccc(C)c(F)c2)CC1. The van der Waals surface area contributed by atoms with Crippen LogP contribution in [0.1, 0.15) is 54.5 Å². The van der Waals surface area contributed by atoms with Gasteiger partial charge in [0.15, 0.2) is 0 Å². The third-order valence-electron chi connectivity index (χ3n) is 7.11. The Morgan fingerprint density at radius 2 is 1.79 bits per heavy atom. The smallest absolute Gasteiger partial charge is 0.224 e. The largest absolute Gasteiger partial charge is 0.352 e. The summed E-state index contributed by atoms with van der Waals surface area (Å²) in [5, 5.41) is 2.90. The van der Waals surface area contributed by atoms with E-state index in [4.69, 9.17) is 0 Å². The molecule has 2 aliphatic heterocycles. The second kappa shape index (κ2) is 10.4. The molecule has 2 aromatic carbocycles. The van der Waals surface area contributed by atoms with Crippen molar-refractivity contribution in [3.05, 3.63) is 70.5 Å². The number of nitrogens with zero attached hydrogens (tertiary/aromatic N) is 2. The summed E-state index contributed by atoms with van der Waals surface area (Å²) >= 11 is 0. The van der Waals surface area contributed by atoms with Crippen LogP contribution in [0, 0.1) is 18.7 Å². The summed E-state index contributed by atoms with van der Waals surface area (Å²) in [6.07, 6.45) is 2.25. The van der Waals surface area contributed by atoms with Crippen LogP contribution in [0.4, 0.5) is 4.39 Å². The number of rotatable bonds is 5. The van der Waals surface area contributed by atoms with Gasteiger partial charge in [-0.3, -0.25) is 14.4 Å². The Bertz CT molecular complexity index is 1080. The predicted molar refractivity (Wildman–Crippen MR) is 127 cm³/mol. The lowest BCUT2D eigenvalue weighted by molar-refractivity contribution is -0.139. The lowest BCUT2D eigenvalue weighted by Crippen LogP contribution is -2.45. The third kappa shape index (κ3) is 5.29. The van der Waals surface area contributed by atoms with E-state index >= 15 is 0 Å². The molecule has 1 saturated heterocycles. The summed E-state index contributed by atoms with van der Waals surface area (Å²) in [7, 11) is 0. The molecule has 7 heteroatoms. The van der Waals surface area contributed by atoms with Crippen LogP contribution in [0.25, 0.3) is 0 Å². The first-order chi connectivity index (χ1) is 16.3. The molecule has 1 N–H and O–H groups in total. The summed E-state index contributed by atoms with van der Waals surface area (Å²) in [6, 6.07) is 12.8. The van der Waals surface area contributed by atoms with Crippen molar-refractivity contribution in [1.82, 2.24) is 15.1 Å². The maximum Gasteiger partial charge on any atom is 0.224 e. The van der Waals surface area contributed by atoms with E-state index in [2.05, 4.69) is 11.4 Å². The number of aryl methyl sites for hydroxylation is 1. The van der Waals surface area contributed by atoms with E-state index in [9.17, 15) is 18.8 Å². The molecule has 180 valence electrons. The average molecular weight is 466 g/mol. The number of piperidine rings is 1. The van der Waals surface area contributed by atoms with Crippen molar-refractivity contribution >= 4 is 17.7 Å². The minimum atomic E-state index is -0.275. The molecule has 6 nitrogen and oxygen atoms in total. The monoisotopic (exact) mass is 465 g/mol. The summed E-state index contributed by atoms with van der Waals surface area (Å²) in [6.45, 7) is 5.21. The van der Waals surface area contributed by atoms with Crippen molar-refractivity contribution in [2.45, 2.75) is 52.1 Å². The van der Waals surface area contributed by atoms with Gasteiger partial charge in [0.25, 0.3) is 0 Å². The second-order valence-corrected chi connectivity index (χ2v) is 9.34. The number of benzene rings is 2. The number of nitrogens with one attached hydrogen (secondary N) is 1. The van der Waals surface area contributed by atoms with Gasteiger partial charge in [0.1, 0.15) is 5.82 Å². The molecular formula is C27H32FN3O3. The van der Waals surface area contributed by atoms with Gasteiger partial charge in [0, 0.05) is 39.0 Å². The van der Waals surface area contributed by atoms with Crippen LogP contribution in [0.2, 0.25) is 0 Å². The number of carbonyl (C=O) groups is 3. The summed E-state index contributed by atoms with van der Waals surface area (Å²) in [5.41, 5.74) is 3.56. The first-order valence-electron chi connectivity index (χ1n) is 12.0. The molecule has 0 aliphatic carbocycles. The van der Waals surface area contributed by atoms with Gasteiger partial charge in [-0.25, -0.2) is 4.39 Å². The van der Waals surface area contributed by atoms with Crippen LogP contribution < -0.4 is 5.32 Å². The minimum absolute atomic E-state index is 0.0157. The predicted octanol–water partition coefficient (Wildman–Crippen LogP) is 3.52. The summed E-state index contributed by atoms with van der Waals surface area (Å²) < 4.78 is 13.7. The van der Waals surface area contributed by atoms with Gasteiger partial charge in [-0.1, -0.05) is 36.4 Å². The summed E-state index contributed by atoms with van der Waals surface area (Å²) in [4.78, 5) is 41.6. The van der Waals surface area contributed by atoms with Crippen LogP contribution in [-0.4, -0.2) is 47.2 Å². The molecule has 34 heavy (non-hydrogen) atoms. The first-order valence-corrected chi connectivity index (χ1v) is 12.0. The van der Waals surface area contributed by atoms with E-state index in [0.717, 1.165) is 17.5 Å². The highest BCUT2D eigenvalue weighted by atomic mass is 19.1. The molecule has 0 radical (unpaired) electrons. The maximum absolute atomic E-state index is 13.7. The van der Waals surface area contributed by atoms with Crippen molar-refractivity contribution in [2.24, 2.45) is 5.92 Å². The molecule has 1 unspecified atom stereocenters. The molecule has 0 spiro atoms. The number of hydrogen-bond donors (Lipinski definition) is 1. The number of hydrogen-bond acceptors (Lipinski definition) is 3. The van der Waals surface area contributed by atoms with Gasteiger partial charge in [-0.2, -0.15) is 0 Å². The number of halogens is 1. The van der Waals surface area contributed by atoms with Gasteiger partial charge in [-0.05, 0) is 54.5 Å². The topological polar surface area (TPSA) is 69.7 Å². The molecule has 2 heterocycles. The normalized spacial score (nSPS) is 18.4. The number of amides is 3. The Morgan fingerprint density at radius 1 is 1.06 bits per heavy atom. The molecule has 2 aromatic rings. The van der Waals surface area contributed by atoms with Gasteiger partial charge in [0.2, 0.25) is 17.7 Å². The fourth-order valence-electron chi connectivity index (χ4n) is 5.01. The van der Waals surface area contributed by atoms with E-state index < -0.39 is 0 Å².